The normalized spacial score (nSPS) is 13.9. The third kappa shape index (κ3) is 9.45. The Morgan fingerprint density at radius 2 is 1.78 bits per heavy atom. The molecule has 1 aromatic rings. The molecule has 8 nitrogen and oxygen atoms in total. The fraction of sp³-hybridized carbons (Fsp3) is 0.679. The molecular formula is C28H47N3O5. The Morgan fingerprint density at radius 3 is 2.33 bits per heavy atom. The highest BCUT2D eigenvalue weighted by Crippen LogP contribution is 2.28. The molecule has 0 saturated heterocycles. The maximum atomic E-state index is 14.0. The Kier molecular flexibility index (Phi) is 12.9. The summed E-state index contributed by atoms with van der Waals surface area (Å²) in [7, 11) is 0. The number of unbranched alkanes of at least 4 members (excludes halogenated alkanes) is 2. The second-order valence-electron chi connectivity index (χ2n) is 10.5. The highest BCUT2D eigenvalue weighted by Gasteiger charge is 2.38. The monoisotopic (exact) mass is 505 g/mol. The lowest BCUT2D eigenvalue weighted by atomic mass is 9.93. The van der Waals surface area contributed by atoms with Gasteiger partial charge >= 0.3 is 6.09 Å². The summed E-state index contributed by atoms with van der Waals surface area (Å²) < 4.78 is 5.41. The molecule has 0 bridgehead atoms. The zero-order valence-electron chi connectivity index (χ0n) is 23.4. The van der Waals surface area contributed by atoms with E-state index < -0.39 is 29.7 Å². The van der Waals surface area contributed by atoms with Crippen LogP contribution in [0.4, 0.5) is 4.79 Å². The van der Waals surface area contributed by atoms with E-state index in [1.165, 1.54) is 4.90 Å². The Labute approximate surface area is 217 Å². The average molecular weight is 506 g/mol. The van der Waals surface area contributed by atoms with E-state index in [1.54, 1.807) is 20.8 Å². The van der Waals surface area contributed by atoms with Crippen LogP contribution in [0.5, 0.6) is 0 Å². The summed E-state index contributed by atoms with van der Waals surface area (Å²) in [4.78, 5) is 41.6. The van der Waals surface area contributed by atoms with Gasteiger partial charge in [0, 0.05) is 13.1 Å². The quantitative estimate of drug-likeness (QED) is 0.344. The first-order valence-electron chi connectivity index (χ1n) is 13.1. The minimum absolute atomic E-state index is 0.0534. The summed E-state index contributed by atoms with van der Waals surface area (Å²) in [5.74, 6) is -0.960. The van der Waals surface area contributed by atoms with Crippen molar-refractivity contribution in [1.82, 2.24) is 15.5 Å². The van der Waals surface area contributed by atoms with Gasteiger partial charge in [0.1, 0.15) is 17.7 Å². The third-order valence-corrected chi connectivity index (χ3v) is 6.36. The second-order valence-corrected chi connectivity index (χ2v) is 10.5. The number of benzene rings is 1. The molecule has 0 radical (unpaired) electrons. The van der Waals surface area contributed by atoms with E-state index in [1.807, 2.05) is 45.9 Å². The van der Waals surface area contributed by atoms with Gasteiger partial charge in [0.05, 0.1) is 6.61 Å². The smallest absolute Gasteiger partial charge is 0.408 e. The molecule has 3 amide bonds. The van der Waals surface area contributed by atoms with Crippen molar-refractivity contribution in [3.63, 3.8) is 0 Å². The Hall–Kier alpha value is -2.61. The fourth-order valence-electron chi connectivity index (χ4n) is 3.97. The molecule has 0 fully saturated rings. The summed E-state index contributed by atoms with van der Waals surface area (Å²) in [6.07, 6.45) is 2.78. The summed E-state index contributed by atoms with van der Waals surface area (Å²) >= 11 is 0. The number of alkyl carbamates (subject to hydrolysis) is 1. The van der Waals surface area contributed by atoms with Crippen molar-refractivity contribution < 1.29 is 24.2 Å². The topological polar surface area (TPSA) is 108 Å². The van der Waals surface area contributed by atoms with E-state index in [2.05, 4.69) is 17.6 Å². The summed E-state index contributed by atoms with van der Waals surface area (Å²) in [6, 6.07) is 3.80. The second kappa shape index (κ2) is 14.8. The van der Waals surface area contributed by atoms with Gasteiger partial charge in [-0.1, -0.05) is 58.2 Å². The molecule has 0 aromatic heterocycles. The number of aryl methyl sites for hydroxylation is 1. The lowest BCUT2D eigenvalue weighted by Crippen LogP contribution is -2.55. The molecule has 204 valence electrons. The van der Waals surface area contributed by atoms with Gasteiger partial charge in [0.15, 0.2) is 0 Å². The van der Waals surface area contributed by atoms with E-state index in [0.717, 1.165) is 30.4 Å². The van der Waals surface area contributed by atoms with Gasteiger partial charge in [-0.25, -0.2) is 4.79 Å². The number of nitrogens with zero attached hydrogens (tertiary/aromatic N) is 1. The number of nitrogens with one attached hydrogen (secondary N) is 2. The zero-order chi connectivity index (χ0) is 27.5. The summed E-state index contributed by atoms with van der Waals surface area (Å²) in [5, 5.41) is 15.6. The Bertz CT molecular complexity index is 865. The number of hydrogen-bond acceptors (Lipinski definition) is 5. The van der Waals surface area contributed by atoms with Gasteiger partial charge in [-0.05, 0) is 63.6 Å². The maximum Gasteiger partial charge on any atom is 0.408 e. The van der Waals surface area contributed by atoms with Crippen molar-refractivity contribution in [2.24, 2.45) is 5.92 Å². The van der Waals surface area contributed by atoms with Gasteiger partial charge in [-0.3, -0.25) is 9.59 Å². The van der Waals surface area contributed by atoms with Crippen molar-refractivity contribution in [3.8, 4) is 0 Å². The molecule has 0 aliphatic heterocycles. The highest BCUT2D eigenvalue weighted by molar-refractivity contribution is 5.92. The lowest BCUT2D eigenvalue weighted by molar-refractivity contribution is -0.144. The molecule has 0 aliphatic rings. The number of aliphatic hydroxyl groups is 1. The third-order valence-electron chi connectivity index (χ3n) is 6.36. The number of carbonyl (C=O) groups is 3. The van der Waals surface area contributed by atoms with Crippen LogP contribution in [0.15, 0.2) is 18.2 Å². The van der Waals surface area contributed by atoms with Crippen LogP contribution in [-0.4, -0.2) is 59.3 Å². The van der Waals surface area contributed by atoms with Crippen LogP contribution >= 0.6 is 0 Å². The SMILES string of the molecule is CCCCCNC(=O)C(c1cccc(C)c1C)N(CCO)C(=O)C(NC(=O)OC(C)(C)C)C(C)CC. The predicted molar refractivity (Wildman–Crippen MR) is 143 cm³/mol. The van der Waals surface area contributed by atoms with Crippen molar-refractivity contribution in [2.75, 3.05) is 19.7 Å². The molecule has 0 saturated carbocycles. The highest BCUT2D eigenvalue weighted by atomic mass is 16.6. The number of amides is 3. The lowest BCUT2D eigenvalue weighted by Gasteiger charge is -2.36. The number of carbonyl (C=O) groups excluding carboxylic acids is 3. The molecule has 1 aromatic carbocycles. The molecule has 0 spiro atoms. The van der Waals surface area contributed by atoms with E-state index >= 15 is 0 Å². The average Bonchev–Trinajstić information content (AvgIpc) is 2.80. The molecule has 0 aliphatic carbocycles. The number of rotatable bonds is 13. The molecule has 3 unspecified atom stereocenters. The van der Waals surface area contributed by atoms with Crippen LogP contribution in [-0.2, 0) is 14.3 Å². The predicted octanol–water partition coefficient (Wildman–Crippen LogP) is 4.41. The van der Waals surface area contributed by atoms with Crippen molar-refractivity contribution >= 4 is 17.9 Å². The van der Waals surface area contributed by atoms with Crippen molar-refractivity contribution in [1.29, 1.82) is 0 Å². The van der Waals surface area contributed by atoms with Crippen LogP contribution < -0.4 is 10.6 Å². The fourth-order valence-corrected chi connectivity index (χ4v) is 3.97. The van der Waals surface area contributed by atoms with Crippen LogP contribution in [0.1, 0.15) is 90.0 Å². The first kappa shape index (κ1) is 31.4. The van der Waals surface area contributed by atoms with E-state index in [4.69, 9.17) is 4.74 Å². The van der Waals surface area contributed by atoms with Crippen molar-refractivity contribution in [3.05, 3.63) is 34.9 Å². The molecule has 0 heterocycles. The van der Waals surface area contributed by atoms with Gasteiger partial charge < -0.3 is 25.4 Å². The number of ether oxygens (including phenoxy) is 1. The molecule has 8 heteroatoms. The number of aliphatic hydroxyl groups excluding tert-OH is 1. The molecular weight excluding hydrogens is 458 g/mol. The maximum absolute atomic E-state index is 14.0. The molecule has 3 N–H and O–H groups in total. The molecule has 3 atom stereocenters. The minimum atomic E-state index is -0.946. The van der Waals surface area contributed by atoms with Gasteiger partial charge in [-0.2, -0.15) is 0 Å². The van der Waals surface area contributed by atoms with Crippen LogP contribution in [0.2, 0.25) is 0 Å². The van der Waals surface area contributed by atoms with Gasteiger partial charge in [0.2, 0.25) is 11.8 Å². The standard InChI is InChI=1S/C28H47N3O5/c1-9-11-12-16-29-25(33)24(22-15-13-14-20(4)21(22)5)31(17-18-32)26(34)23(19(3)10-2)30-27(35)36-28(6,7)8/h13-15,19,23-24,32H,9-12,16-18H2,1-8H3,(H,29,33)(H,30,35). The molecule has 1 rings (SSSR count). The largest absolute Gasteiger partial charge is 0.444 e. The Balaban J connectivity index is 3.46. The van der Waals surface area contributed by atoms with Gasteiger partial charge in [0.25, 0.3) is 0 Å². The first-order chi connectivity index (χ1) is 16.9. The molecule has 36 heavy (non-hydrogen) atoms. The van der Waals surface area contributed by atoms with Crippen LogP contribution in [0, 0.1) is 19.8 Å². The minimum Gasteiger partial charge on any atom is -0.444 e. The van der Waals surface area contributed by atoms with Crippen LogP contribution in [0.25, 0.3) is 0 Å². The van der Waals surface area contributed by atoms with E-state index in [0.29, 0.717) is 18.5 Å². The summed E-state index contributed by atoms with van der Waals surface area (Å²) in [6.45, 7) is 15.2. The van der Waals surface area contributed by atoms with Gasteiger partial charge in [-0.15, -0.1) is 0 Å². The van der Waals surface area contributed by atoms with Crippen LogP contribution in [0.3, 0.4) is 0 Å². The zero-order valence-corrected chi connectivity index (χ0v) is 23.4. The first-order valence-corrected chi connectivity index (χ1v) is 13.1. The van der Waals surface area contributed by atoms with E-state index in [9.17, 15) is 19.5 Å². The number of hydrogen-bond donors (Lipinski definition) is 3. The van der Waals surface area contributed by atoms with Crippen molar-refractivity contribution in [2.45, 2.75) is 98.8 Å². The van der Waals surface area contributed by atoms with E-state index in [-0.39, 0.29) is 25.0 Å². The summed E-state index contributed by atoms with van der Waals surface area (Å²) in [5.41, 5.74) is 1.88. The Morgan fingerprint density at radius 1 is 1.11 bits per heavy atom.